The molecule has 166 valence electrons. The van der Waals surface area contributed by atoms with E-state index in [4.69, 9.17) is 4.74 Å². The Hall–Kier alpha value is -2.86. The van der Waals surface area contributed by atoms with Gasteiger partial charge in [0.15, 0.2) is 0 Å². The first-order valence-corrected chi connectivity index (χ1v) is 11.0. The zero-order valence-electron chi connectivity index (χ0n) is 18.5. The third-order valence-corrected chi connectivity index (χ3v) is 5.66. The SMILES string of the molecule is CCCC[C@H](NC1COc2ccccc2N(Cc2ccc(C(C)C)cc2)C1=O)C(=O)O. The number of benzene rings is 2. The number of carbonyl (C=O) groups excluding carboxylic acids is 1. The van der Waals surface area contributed by atoms with Crippen LogP contribution in [0.15, 0.2) is 48.5 Å². The fourth-order valence-corrected chi connectivity index (χ4v) is 3.76. The molecule has 31 heavy (non-hydrogen) atoms. The molecule has 1 amide bonds. The molecule has 1 aliphatic rings. The smallest absolute Gasteiger partial charge is 0.320 e. The fraction of sp³-hybridized carbons (Fsp3) is 0.440. The fourth-order valence-electron chi connectivity index (χ4n) is 3.76. The van der Waals surface area contributed by atoms with Crippen LogP contribution in [0.25, 0.3) is 0 Å². The Morgan fingerprint density at radius 2 is 1.90 bits per heavy atom. The van der Waals surface area contributed by atoms with E-state index in [1.54, 1.807) is 4.90 Å². The van der Waals surface area contributed by atoms with Crippen LogP contribution in [-0.2, 0) is 16.1 Å². The van der Waals surface area contributed by atoms with Crippen molar-refractivity contribution in [1.82, 2.24) is 5.32 Å². The largest absolute Gasteiger partial charge is 0.489 e. The number of ether oxygens (including phenoxy) is 1. The topological polar surface area (TPSA) is 78.9 Å². The van der Waals surface area contributed by atoms with Crippen molar-refractivity contribution >= 4 is 17.6 Å². The summed E-state index contributed by atoms with van der Waals surface area (Å²) in [7, 11) is 0. The van der Waals surface area contributed by atoms with Crippen molar-refractivity contribution in [3.63, 3.8) is 0 Å². The van der Waals surface area contributed by atoms with E-state index in [-0.39, 0.29) is 12.5 Å². The number of rotatable bonds is 9. The maximum Gasteiger partial charge on any atom is 0.320 e. The summed E-state index contributed by atoms with van der Waals surface area (Å²) in [5, 5.41) is 12.6. The Morgan fingerprint density at radius 1 is 1.19 bits per heavy atom. The molecule has 6 nitrogen and oxygen atoms in total. The van der Waals surface area contributed by atoms with E-state index < -0.39 is 18.1 Å². The third kappa shape index (κ3) is 5.64. The van der Waals surface area contributed by atoms with Gasteiger partial charge in [-0.3, -0.25) is 14.9 Å². The Kier molecular flexibility index (Phi) is 7.69. The number of fused-ring (bicyclic) bond motifs is 1. The summed E-state index contributed by atoms with van der Waals surface area (Å²) >= 11 is 0. The molecule has 0 saturated heterocycles. The lowest BCUT2D eigenvalue weighted by Gasteiger charge is -2.27. The number of hydrogen-bond acceptors (Lipinski definition) is 4. The Morgan fingerprint density at radius 3 is 2.55 bits per heavy atom. The van der Waals surface area contributed by atoms with Gasteiger partial charge in [0.25, 0.3) is 0 Å². The van der Waals surface area contributed by atoms with Crippen LogP contribution in [0, 0.1) is 0 Å². The number of carboxylic acids is 1. The molecule has 6 heteroatoms. The van der Waals surface area contributed by atoms with Crippen LogP contribution in [0.3, 0.4) is 0 Å². The van der Waals surface area contributed by atoms with Crippen LogP contribution in [0.5, 0.6) is 5.75 Å². The van der Waals surface area contributed by atoms with Gasteiger partial charge in [0.1, 0.15) is 24.4 Å². The number of nitrogens with one attached hydrogen (secondary N) is 1. The summed E-state index contributed by atoms with van der Waals surface area (Å²) in [4.78, 5) is 26.9. The van der Waals surface area contributed by atoms with Gasteiger partial charge in [-0.2, -0.15) is 0 Å². The van der Waals surface area contributed by atoms with Crippen molar-refractivity contribution in [2.24, 2.45) is 0 Å². The molecule has 2 aromatic rings. The van der Waals surface area contributed by atoms with Crippen LogP contribution in [-0.4, -0.2) is 35.7 Å². The van der Waals surface area contributed by atoms with Crippen LogP contribution in [0.4, 0.5) is 5.69 Å². The van der Waals surface area contributed by atoms with Gasteiger partial charge in [-0.15, -0.1) is 0 Å². The van der Waals surface area contributed by atoms with Crippen LogP contribution in [0.1, 0.15) is 57.1 Å². The number of para-hydroxylation sites is 2. The summed E-state index contributed by atoms with van der Waals surface area (Å²) in [6.07, 6.45) is 2.14. The van der Waals surface area contributed by atoms with Gasteiger partial charge in [-0.25, -0.2) is 0 Å². The molecule has 2 N–H and O–H groups in total. The van der Waals surface area contributed by atoms with Crippen LogP contribution >= 0.6 is 0 Å². The molecular weight excluding hydrogens is 392 g/mol. The zero-order valence-corrected chi connectivity index (χ0v) is 18.5. The predicted octanol–water partition coefficient (Wildman–Crippen LogP) is 4.34. The highest BCUT2D eigenvalue weighted by molar-refractivity contribution is 5.99. The van der Waals surface area contributed by atoms with Crippen LogP contribution in [0.2, 0.25) is 0 Å². The van der Waals surface area contributed by atoms with Crippen molar-refractivity contribution in [2.45, 2.75) is 64.6 Å². The summed E-state index contributed by atoms with van der Waals surface area (Å²) in [5.74, 6) is -0.0634. The highest BCUT2D eigenvalue weighted by Gasteiger charge is 2.34. The number of carboxylic acid groups (broad SMARTS) is 1. The average Bonchev–Trinajstić information content (AvgIpc) is 2.89. The molecule has 0 spiro atoms. The molecule has 1 unspecified atom stereocenters. The number of nitrogens with zero attached hydrogens (tertiary/aromatic N) is 1. The molecule has 0 radical (unpaired) electrons. The van der Waals surface area contributed by atoms with Crippen LogP contribution < -0.4 is 15.0 Å². The maximum absolute atomic E-state index is 13.5. The van der Waals surface area contributed by atoms with E-state index in [0.29, 0.717) is 30.3 Å². The van der Waals surface area contributed by atoms with Gasteiger partial charge in [0.2, 0.25) is 5.91 Å². The monoisotopic (exact) mass is 424 g/mol. The van der Waals surface area contributed by atoms with Gasteiger partial charge in [0, 0.05) is 0 Å². The Labute approximate surface area is 184 Å². The summed E-state index contributed by atoms with van der Waals surface area (Å²) < 4.78 is 5.92. The van der Waals surface area contributed by atoms with E-state index in [2.05, 4.69) is 31.3 Å². The van der Waals surface area contributed by atoms with E-state index in [1.807, 2.05) is 43.3 Å². The number of aliphatic carboxylic acids is 1. The highest BCUT2D eigenvalue weighted by atomic mass is 16.5. The second-order valence-electron chi connectivity index (χ2n) is 8.35. The van der Waals surface area contributed by atoms with Gasteiger partial charge in [0.05, 0.1) is 12.2 Å². The summed E-state index contributed by atoms with van der Waals surface area (Å²) in [6, 6.07) is 14.2. The average molecular weight is 425 g/mol. The first-order chi connectivity index (χ1) is 14.9. The van der Waals surface area contributed by atoms with E-state index in [0.717, 1.165) is 18.4 Å². The van der Waals surface area contributed by atoms with E-state index in [1.165, 1.54) is 5.56 Å². The van der Waals surface area contributed by atoms with Crippen molar-refractivity contribution in [3.8, 4) is 5.75 Å². The molecule has 0 aromatic heterocycles. The number of anilines is 1. The van der Waals surface area contributed by atoms with E-state index in [9.17, 15) is 14.7 Å². The van der Waals surface area contributed by atoms with Gasteiger partial charge < -0.3 is 14.7 Å². The highest BCUT2D eigenvalue weighted by Crippen LogP contribution is 2.32. The van der Waals surface area contributed by atoms with Gasteiger partial charge >= 0.3 is 5.97 Å². The minimum absolute atomic E-state index is 0.0918. The van der Waals surface area contributed by atoms with Gasteiger partial charge in [-0.1, -0.05) is 70.0 Å². The molecule has 3 rings (SSSR count). The normalized spacial score (nSPS) is 17.1. The summed E-state index contributed by atoms with van der Waals surface area (Å²) in [6.45, 7) is 6.79. The van der Waals surface area contributed by atoms with Gasteiger partial charge in [-0.05, 0) is 35.6 Å². The lowest BCUT2D eigenvalue weighted by Crippen LogP contribution is -2.53. The van der Waals surface area contributed by atoms with Crippen molar-refractivity contribution in [1.29, 1.82) is 0 Å². The molecule has 1 heterocycles. The predicted molar refractivity (Wildman–Crippen MR) is 122 cm³/mol. The first-order valence-electron chi connectivity index (χ1n) is 11.0. The van der Waals surface area contributed by atoms with E-state index >= 15 is 0 Å². The second kappa shape index (κ2) is 10.4. The lowest BCUT2D eigenvalue weighted by molar-refractivity contribution is -0.140. The Bertz CT molecular complexity index is 895. The third-order valence-electron chi connectivity index (χ3n) is 5.66. The zero-order chi connectivity index (χ0) is 22.4. The first kappa shape index (κ1) is 22.8. The molecule has 0 fully saturated rings. The minimum atomic E-state index is -0.946. The molecule has 2 aromatic carbocycles. The Balaban J connectivity index is 1.86. The van der Waals surface area contributed by atoms with Crippen molar-refractivity contribution in [2.75, 3.05) is 11.5 Å². The summed E-state index contributed by atoms with van der Waals surface area (Å²) in [5.41, 5.74) is 2.95. The number of carbonyl (C=O) groups is 2. The molecule has 2 atom stereocenters. The molecular formula is C25H32N2O4. The quantitative estimate of drug-likeness (QED) is 0.626. The molecule has 0 saturated carbocycles. The molecule has 0 aliphatic carbocycles. The number of unbranched alkanes of at least 4 members (excludes halogenated alkanes) is 1. The maximum atomic E-state index is 13.5. The number of amides is 1. The number of hydrogen-bond donors (Lipinski definition) is 2. The lowest BCUT2D eigenvalue weighted by atomic mass is 10.0. The molecule has 1 aliphatic heterocycles. The minimum Gasteiger partial charge on any atom is -0.489 e. The van der Waals surface area contributed by atoms with Crippen molar-refractivity contribution in [3.05, 3.63) is 59.7 Å². The standard InChI is InChI=1S/C25H32N2O4/c1-4-5-8-20(25(29)30)26-21-16-31-23-10-7-6-9-22(23)27(24(21)28)15-18-11-13-19(14-12-18)17(2)3/h6-7,9-14,17,20-21,26H,4-5,8,15-16H2,1-3H3,(H,29,30)/t20-,21?/m0/s1. The molecule has 0 bridgehead atoms. The second-order valence-corrected chi connectivity index (χ2v) is 8.35. The van der Waals surface area contributed by atoms with Crippen molar-refractivity contribution < 1.29 is 19.4 Å².